The lowest BCUT2D eigenvalue weighted by molar-refractivity contribution is -0.168. The first-order valence-corrected chi connectivity index (χ1v) is 11.5. The molecule has 3 aliphatic rings. The van der Waals surface area contributed by atoms with E-state index in [1.165, 1.54) is 31.3 Å². The van der Waals surface area contributed by atoms with Gasteiger partial charge in [0.2, 0.25) is 5.91 Å². The molecule has 4 rings (SSSR count). The van der Waals surface area contributed by atoms with Crippen molar-refractivity contribution < 1.29 is 19.1 Å². The van der Waals surface area contributed by atoms with Gasteiger partial charge >= 0.3 is 0 Å². The summed E-state index contributed by atoms with van der Waals surface area (Å²) in [5.74, 6) is 1.84. The summed E-state index contributed by atoms with van der Waals surface area (Å²) in [5.41, 5.74) is 2.27. The molecule has 0 bridgehead atoms. The molecule has 2 atom stereocenters. The third-order valence-electron chi connectivity index (χ3n) is 7.13. The second kappa shape index (κ2) is 9.86. The highest BCUT2D eigenvalue weighted by Crippen LogP contribution is 2.34. The van der Waals surface area contributed by atoms with Crippen molar-refractivity contribution in [1.82, 2.24) is 9.80 Å². The SMILES string of the molecule is COc1ccc(CN2C(=O)C(OC)C2C2=CCN(C(=O)CCC3CCCC3)CC2)cc1. The normalized spacial score (nSPS) is 24.2. The first-order chi connectivity index (χ1) is 15.1. The van der Waals surface area contributed by atoms with Crippen molar-refractivity contribution in [2.75, 3.05) is 27.3 Å². The molecule has 0 spiro atoms. The van der Waals surface area contributed by atoms with Gasteiger partial charge in [0.25, 0.3) is 5.91 Å². The summed E-state index contributed by atoms with van der Waals surface area (Å²) in [6.45, 7) is 1.91. The summed E-state index contributed by atoms with van der Waals surface area (Å²) in [6, 6.07) is 7.76. The maximum atomic E-state index is 12.6. The van der Waals surface area contributed by atoms with Crippen molar-refractivity contribution >= 4 is 11.8 Å². The van der Waals surface area contributed by atoms with Crippen LogP contribution in [-0.4, -0.2) is 61.1 Å². The highest BCUT2D eigenvalue weighted by atomic mass is 16.5. The average molecular weight is 427 g/mol. The zero-order chi connectivity index (χ0) is 21.8. The predicted octanol–water partition coefficient (Wildman–Crippen LogP) is 3.55. The molecule has 0 radical (unpaired) electrons. The van der Waals surface area contributed by atoms with E-state index in [0.29, 0.717) is 19.5 Å². The van der Waals surface area contributed by atoms with Gasteiger partial charge in [-0.1, -0.05) is 43.9 Å². The standard InChI is InChI=1S/C25H34N2O4/c1-30-21-10-7-19(8-11-21)17-27-23(24(31-2)25(27)29)20-13-15-26(16-14-20)22(28)12-9-18-5-3-4-6-18/h7-8,10-11,13,18,23-24H,3-6,9,12,14-17H2,1-2H3. The molecule has 2 aliphatic heterocycles. The highest BCUT2D eigenvalue weighted by Gasteiger charge is 2.49. The van der Waals surface area contributed by atoms with E-state index in [1.807, 2.05) is 34.1 Å². The van der Waals surface area contributed by atoms with Crippen LogP contribution in [0.3, 0.4) is 0 Å². The Labute approximate surface area is 185 Å². The molecule has 2 amide bonds. The molecule has 0 aromatic heterocycles. The molecule has 6 heteroatoms. The van der Waals surface area contributed by atoms with E-state index in [4.69, 9.17) is 9.47 Å². The van der Waals surface area contributed by atoms with Crippen LogP contribution in [-0.2, 0) is 20.9 Å². The molecule has 6 nitrogen and oxygen atoms in total. The van der Waals surface area contributed by atoms with Crippen LogP contribution in [0.25, 0.3) is 0 Å². The number of methoxy groups -OCH3 is 2. The number of hydrogen-bond acceptors (Lipinski definition) is 4. The minimum Gasteiger partial charge on any atom is -0.497 e. The van der Waals surface area contributed by atoms with Gasteiger partial charge in [0.15, 0.2) is 6.10 Å². The summed E-state index contributed by atoms with van der Waals surface area (Å²) in [7, 11) is 3.24. The summed E-state index contributed by atoms with van der Waals surface area (Å²) in [4.78, 5) is 29.1. The first kappa shape index (κ1) is 21.9. The predicted molar refractivity (Wildman–Crippen MR) is 119 cm³/mol. The van der Waals surface area contributed by atoms with E-state index in [0.717, 1.165) is 36.6 Å². The van der Waals surface area contributed by atoms with Gasteiger partial charge < -0.3 is 19.3 Å². The average Bonchev–Trinajstić information content (AvgIpc) is 3.33. The monoisotopic (exact) mass is 426 g/mol. The van der Waals surface area contributed by atoms with Crippen LogP contribution in [0.15, 0.2) is 35.9 Å². The van der Waals surface area contributed by atoms with E-state index < -0.39 is 6.10 Å². The van der Waals surface area contributed by atoms with Crippen LogP contribution < -0.4 is 4.74 Å². The highest BCUT2D eigenvalue weighted by molar-refractivity contribution is 5.89. The lowest BCUT2D eigenvalue weighted by Crippen LogP contribution is -2.66. The fraction of sp³-hybridized carbons (Fsp3) is 0.600. The maximum absolute atomic E-state index is 12.6. The van der Waals surface area contributed by atoms with Gasteiger partial charge in [0.1, 0.15) is 5.75 Å². The summed E-state index contributed by atoms with van der Waals surface area (Å²) in [6.07, 6.45) is 9.43. The summed E-state index contributed by atoms with van der Waals surface area (Å²) < 4.78 is 10.7. The summed E-state index contributed by atoms with van der Waals surface area (Å²) >= 11 is 0. The molecule has 0 N–H and O–H groups in total. The van der Waals surface area contributed by atoms with Crippen LogP contribution in [0.4, 0.5) is 0 Å². The number of β-lactam (4-membered cyclic amide) rings is 1. The number of hydrogen-bond donors (Lipinski definition) is 0. The van der Waals surface area contributed by atoms with Crippen LogP contribution in [0.1, 0.15) is 50.5 Å². The molecule has 2 unspecified atom stereocenters. The molecule has 2 fully saturated rings. The minimum absolute atomic E-state index is 0.0271. The van der Waals surface area contributed by atoms with Crippen molar-refractivity contribution in [3.8, 4) is 5.75 Å². The number of rotatable bonds is 8. The Kier molecular flexibility index (Phi) is 6.96. The number of nitrogens with zero attached hydrogens (tertiary/aromatic N) is 2. The largest absolute Gasteiger partial charge is 0.497 e. The first-order valence-electron chi connectivity index (χ1n) is 11.5. The Hall–Kier alpha value is -2.34. The summed E-state index contributed by atoms with van der Waals surface area (Å²) in [5, 5.41) is 0. The molecule has 31 heavy (non-hydrogen) atoms. The van der Waals surface area contributed by atoms with Crippen LogP contribution in [0.2, 0.25) is 0 Å². The number of likely N-dealkylation sites (tertiary alicyclic amines) is 1. The molecule has 168 valence electrons. The molecule has 1 aliphatic carbocycles. The zero-order valence-corrected chi connectivity index (χ0v) is 18.7. The topological polar surface area (TPSA) is 59.1 Å². The van der Waals surface area contributed by atoms with E-state index in [-0.39, 0.29) is 17.9 Å². The fourth-order valence-corrected chi connectivity index (χ4v) is 5.21. The van der Waals surface area contributed by atoms with Crippen molar-refractivity contribution in [1.29, 1.82) is 0 Å². The van der Waals surface area contributed by atoms with Crippen LogP contribution >= 0.6 is 0 Å². The van der Waals surface area contributed by atoms with Gasteiger partial charge in [-0.25, -0.2) is 0 Å². The molecular weight excluding hydrogens is 392 g/mol. The molecule has 1 aromatic rings. The third kappa shape index (κ3) is 4.79. The molecule has 1 aromatic carbocycles. The Bertz CT molecular complexity index is 813. The van der Waals surface area contributed by atoms with Gasteiger partial charge in [-0.2, -0.15) is 0 Å². The lowest BCUT2D eigenvalue weighted by atomic mass is 9.86. The van der Waals surface area contributed by atoms with Crippen molar-refractivity contribution in [2.45, 2.75) is 63.6 Å². The number of benzene rings is 1. The molecular formula is C25H34N2O4. The Morgan fingerprint density at radius 1 is 1.13 bits per heavy atom. The van der Waals surface area contributed by atoms with Gasteiger partial charge in [0.05, 0.1) is 13.2 Å². The second-order valence-corrected chi connectivity index (χ2v) is 8.97. The number of carbonyl (C=O) groups excluding carboxylic acids is 2. The van der Waals surface area contributed by atoms with Crippen LogP contribution in [0.5, 0.6) is 5.75 Å². The van der Waals surface area contributed by atoms with E-state index in [2.05, 4.69) is 6.08 Å². The van der Waals surface area contributed by atoms with Crippen molar-refractivity contribution in [2.24, 2.45) is 5.92 Å². The second-order valence-electron chi connectivity index (χ2n) is 8.97. The van der Waals surface area contributed by atoms with E-state index in [9.17, 15) is 9.59 Å². The van der Waals surface area contributed by atoms with Gasteiger partial charge in [-0.3, -0.25) is 9.59 Å². The zero-order valence-electron chi connectivity index (χ0n) is 18.7. The quantitative estimate of drug-likeness (QED) is 0.471. The van der Waals surface area contributed by atoms with Gasteiger partial charge in [-0.15, -0.1) is 0 Å². The minimum atomic E-state index is -0.422. The Morgan fingerprint density at radius 2 is 1.87 bits per heavy atom. The van der Waals surface area contributed by atoms with Gasteiger partial charge in [-0.05, 0) is 42.0 Å². The fourth-order valence-electron chi connectivity index (χ4n) is 5.21. The maximum Gasteiger partial charge on any atom is 0.255 e. The Morgan fingerprint density at radius 3 is 2.48 bits per heavy atom. The smallest absolute Gasteiger partial charge is 0.255 e. The lowest BCUT2D eigenvalue weighted by Gasteiger charge is -2.48. The van der Waals surface area contributed by atoms with Crippen LogP contribution in [0, 0.1) is 5.92 Å². The van der Waals surface area contributed by atoms with E-state index in [1.54, 1.807) is 14.2 Å². The Balaban J connectivity index is 1.35. The number of amides is 2. The third-order valence-corrected chi connectivity index (χ3v) is 7.13. The van der Waals surface area contributed by atoms with Crippen molar-refractivity contribution in [3.63, 3.8) is 0 Å². The number of ether oxygens (including phenoxy) is 2. The van der Waals surface area contributed by atoms with Crippen molar-refractivity contribution in [3.05, 3.63) is 41.5 Å². The number of carbonyl (C=O) groups is 2. The molecule has 1 saturated carbocycles. The van der Waals surface area contributed by atoms with Gasteiger partial charge in [0, 0.05) is 33.2 Å². The van der Waals surface area contributed by atoms with E-state index >= 15 is 0 Å². The molecule has 1 saturated heterocycles. The molecule has 2 heterocycles.